The van der Waals surface area contributed by atoms with Gasteiger partial charge in [-0.1, -0.05) is 12.1 Å². The average molecular weight is 305 g/mol. The topological polar surface area (TPSA) is 17.1 Å². The lowest BCUT2D eigenvalue weighted by molar-refractivity contribution is -0.162. The van der Waals surface area contributed by atoms with E-state index < -0.39 is 40.2 Å². The largest absolute Gasteiger partial charge is 0.417 e. The van der Waals surface area contributed by atoms with Gasteiger partial charge >= 0.3 is 12.4 Å². The summed E-state index contributed by atoms with van der Waals surface area (Å²) in [5.41, 5.74) is -4.67. The van der Waals surface area contributed by atoms with Gasteiger partial charge in [0.1, 0.15) is 5.38 Å². The van der Waals surface area contributed by atoms with Gasteiger partial charge in [0.15, 0.2) is 5.78 Å². The van der Waals surface area contributed by atoms with Crippen LogP contribution >= 0.6 is 11.6 Å². The molecule has 0 amide bonds. The van der Waals surface area contributed by atoms with E-state index in [0.29, 0.717) is 6.07 Å². The Labute approximate surface area is 109 Å². The van der Waals surface area contributed by atoms with Crippen molar-refractivity contribution in [3.8, 4) is 0 Å². The number of benzene rings is 1. The van der Waals surface area contributed by atoms with Gasteiger partial charge in [-0.3, -0.25) is 4.79 Å². The predicted octanol–water partition coefficient (Wildman–Crippen LogP) is 4.59. The van der Waals surface area contributed by atoms with Crippen molar-refractivity contribution in [2.75, 3.05) is 0 Å². The molecule has 1 aromatic carbocycles. The number of carbonyl (C=O) groups excluding carboxylic acids is 1. The predicted molar refractivity (Wildman–Crippen MR) is 55.7 cm³/mol. The third-order valence-electron chi connectivity index (χ3n) is 2.32. The molecule has 1 nitrogen and oxygen atoms in total. The summed E-state index contributed by atoms with van der Waals surface area (Å²) in [6, 6.07) is 1.85. The Morgan fingerprint density at radius 1 is 1.11 bits per heavy atom. The van der Waals surface area contributed by atoms with E-state index in [9.17, 15) is 31.1 Å². The lowest BCUT2D eigenvalue weighted by Crippen LogP contribution is -2.20. The van der Waals surface area contributed by atoms with Crippen LogP contribution in [0, 0.1) is 0 Å². The summed E-state index contributed by atoms with van der Waals surface area (Å²) in [7, 11) is 0. The smallest absolute Gasteiger partial charge is 0.298 e. The zero-order valence-corrected chi connectivity index (χ0v) is 10.1. The molecule has 1 rings (SSSR count). The van der Waals surface area contributed by atoms with E-state index >= 15 is 0 Å². The molecule has 0 saturated heterocycles. The molecular weight excluding hydrogens is 298 g/mol. The van der Waals surface area contributed by atoms with Crippen molar-refractivity contribution in [3.63, 3.8) is 0 Å². The van der Waals surface area contributed by atoms with Crippen LogP contribution in [0.2, 0.25) is 0 Å². The second-order valence-corrected chi connectivity index (χ2v) is 4.17. The molecule has 1 aromatic rings. The molecule has 0 radical (unpaired) electrons. The Hall–Kier alpha value is -1.24. The lowest BCUT2D eigenvalue weighted by Gasteiger charge is -2.20. The normalized spacial score (nSPS) is 14.3. The highest BCUT2D eigenvalue weighted by atomic mass is 35.5. The Bertz CT molecular complexity index is 491. The Morgan fingerprint density at radius 2 is 1.63 bits per heavy atom. The van der Waals surface area contributed by atoms with Crippen LogP contribution in [0.25, 0.3) is 0 Å². The quantitative estimate of drug-likeness (QED) is 0.577. The average Bonchev–Trinajstić information content (AvgIpc) is 2.24. The van der Waals surface area contributed by atoms with E-state index in [2.05, 4.69) is 0 Å². The third-order valence-corrected chi connectivity index (χ3v) is 2.86. The van der Waals surface area contributed by atoms with E-state index in [1.807, 2.05) is 0 Å². The number of ketones is 1. The van der Waals surface area contributed by atoms with E-state index in [-0.39, 0.29) is 0 Å². The second kappa shape index (κ2) is 5.03. The fourth-order valence-electron chi connectivity index (χ4n) is 1.55. The minimum Gasteiger partial charge on any atom is -0.298 e. The minimum absolute atomic E-state index is 0.302. The lowest BCUT2D eigenvalue weighted by atomic mass is 9.96. The Kier molecular flexibility index (Phi) is 4.19. The molecule has 8 heteroatoms. The summed E-state index contributed by atoms with van der Waals surface area (Å²) in [5, 5.41) is -1.78. The maximum absolute atomic E-state index is 12.8. The second-order valence-electron chi connectivity index (χ2n) is 3.74. The highest BCUT2D eigenvalue weighted by molar-refractivity contribution is 6.30. The van der Waals surface area contributed by atoms with E-state index in [1.165, 1.54) is 0 Å². The number of alkyl halides is 7. The van der Waals surface area contributed by atoms with Crippen molar-refractivity contribution >= 4 is 17.4 Å². The number of hydrogen-bond acceptors (Lipinski definition) is 1. The van der Waals surface area contributed by atoms with E-state index in [1.54, 1.807) is 0 Å². The van der Waals surface area contributed by atoms with E-state index in [0.717, 1.165) is 19.1 Å². The van der Waals surface area contributed by atoms with Crippen LogP contribution in [0.5, 0.6) is 0 Å². The molecule has 0 saturated carbocycles. The maximum atomic E-state index is 12.8. The van der Waals surface area contributed by atoms with Crippen LogP contribution in [0.15, 0.2) is 18.2 Å². The van der Waals surface area contributed by atoms with Gasteiger partial charge in [-0.2, -0.15) is 26.3 Å². The molecule has 0 aliphatic carbocycles. The molecule has 0 N–H and O–H groups in total. The van der Waals surface area contributed by atoms with Crippen molar-refractivity contribution in [2.24, 2.45) is 0 Å². The molecule has 0 aromatic heterocycles. The first-order chi connectivity index (χ1) is 8.46. The first-order valence-electron chi connectivity index (χ1n) is 4.88. The van der Waals surface area contributed by atoms with Crippen LogP contribution < -0.4 is 0 Å². The molecule has 0 bridgehead atoms. The van der Waals surface area contributed by atoms with Crippen molar-refractivity contribution in [2.45, 2.75) is 24.7 Å². The third kappa shape index (κ3) is 3.40. The van der Waals surface area contributed by atoms with Crippen LogP contribution in [-0.4, -0.2) is 5.78 Å². The van der Waals surface area contributed by atoms with Gasteiger partial charge in [0.2, 0.25) is 0 Å². The van der Waals surface area contributed by atoms with Crippen molar-refractivity contribution in [3.05, 3.63) is 34.9 Å². The summed E-state index contributed by atoms with van der Waals surface area (Å²) < 4.78 is 76.2. The van der Waals surface area contributed by atoms with Gasteiger partial charge in [-0.25, -0.2) is 0 Å². The van der Waals surface area contributed by atoms with Crippen LogP contribution in [0.4, 0.5) is 26.3 Å². The number of Topliss-reactive ketones (excluding diaryl/α,β-unsaturated/α-hetero) is 1. The molecule has 0 spiro atoms. The maximum Gasteiger partial charge on any atom is 0.417 e. The number of rotatable bonds is 2. The Morgan fingerprint density at radius 3 is 2.00 bits per heavy atom. The summed E-state index contributed by atoms with van der Waals surface area (Å²) >= 11 is 5.46. The van der Waals surface area contributed by atoms with Gasteiger partial charge in [-0.15, -0.1) is 11.6 Å². The summed E-state index contributed by atoms with van der Waals surface area (Å²) in [4.78, 5) is 11.0. The van der Waals surface area contributed by atoms with Crippen LogP contribution in [0.1, 0.15) is 29.0 Å². The van der Waals surface area contributed by atoms with Crippen molar-refractivity contribution in [1.82, 2.24) is 0 Å². The SMILES string of the molecule is CC(=O)C(Cl)c1cccc(C(F)(F)F)c1C(F)(F)F. The van der Waals surface area contributed by atoms with Gasteiger partial charge in [-0.05, 0) is 18.6 Å². The minimum atomic E-state index is -5.26. The van der Waals surface area contributed by atoms with Gasteiger partial charge in [0.05, 0.1) is 11.1 Å². The molecule has 0 fully saturated rings. The van der Waals surface area contributed by atoms with Gasteiger partial charge in [0.25, 0.3) is 0 Å². The molecule has 0 aliphatic rings. The fraction of sp³-hybridized carbons (Fsp3) is 0.364. The Balaban J connectivity index is 3.62. The molecule has 19 heavy (non-hydrogen) atoms. The summed E-state index contributed by atoms with van der Waals surface area (Å²) in [6.07, 6.45) is -10.4. The van der Waals surface area contributed by atoms with Crippen molar-refractivity contribution in [1.29, 1.82) is 0 Å². The molecule has 106 valence electrons. The molecule has 1 unspecified atom stereocenters. The molecule has 0 aliphatic heterocycles. The zero-order chi connectivity index (χ0) is 15.0. The monoisotopic (exact) mass is 304 g/mol. The highest BCUT2D eigenvalue weighted by Gasteiger charge is 2.45. The highest BCUT2D eigenvalue weighted by Crippen LogP contribution is 2.44. The standard InChI is InChI=1S/C11H7ClF6O/c1-5(19)9(12)6-3-2-4-7(10(13,14)15)8(6)11(16,17)18/h2-4,9H,1H3. The number of halogens is 7. The molecular formula is C11H7ClF6O. The summed E-state index contributed by atoms with van der Waals surface area (Å²) in [5.74, 6) is -0.869. The van der Waals surface area contributed by atoms with Crippen LogP contribution in [-0.2, 0) is 17.1 Å². The van der Waals surface area contributed by atoms with Gasteiger partial charge < -0.3 is 0 Å². The number of carbonyl (C=O) groups is 1. The first kappa shape index (κ1) is 15.8. The molecule has 0 heterocycles. The van der Waals surface area contributed by atoms with E-state index in [4.69, 9.17) is 11.6 Å². The zero-order valence-electron chi connectivity index (χ0n) is 9.36. The summed E-state index contributed by atoms with van der Waals surface area (Å²) in [6.45, 7) is 0.901. The first-order valence-corrected chi connectivity index (χ1v) is 5.31. The fourth-order valence-corrected chi connectivity index (χ4v) is 1.73. The van der Waals surface area contributed by atoms with Gasteiger partial charge in [0, 0.05) is 0 Å². The number of hydrogen-bond donors (Lipinski definition) is 0. The van der Waals surface area contributed by atoms with Crippen LogP contribution in [0.3, 0.4) is 0 Å². The molecule has 1 atom stereocenters. The van der Waals surface area contributed by atoms with Crippen molar-refractivity contribution < 1.29 is 31.1 Å².